The van der Waals surface area contributed by atoms with Crippen molar-refractivity contribution in [1.29, 1.82) is 0 Å². The Hall–Kier alpha value is -2.77. The molecule has 0 unspecified atom stereocenters. The van der Waals surface area contributed by atoms with E-state index in [1.165, 1.54) is 6.07 Å². The van der Waals surface area contributed by atoms with Gasteiger partial charge in [-0.1, -0.05) is 48.5 Å². The van der Waals surface area contributed by atoms with Crippen LogP contribution < -0.4 is 10.5 Å². The van der Waals surface area contributed by atoms with Crippen LogP contribution in [0.2, 0.25) is 0 Å². The number of para-hydroxylation sites is 1. The van der Waals surface area contributed by atoms with Gasteiger partial charge in [-0.3, -0.25) is 4.79 Å². The lowest BCUT2D eigenvalue weighted by Gasteiger charge is -2.10. The topological polar surface area (TPSA) is 102 Å². The Kier molecular flexibility index (Phi) is 4.78. The van der Waals surface area contributed by atoms with Gasteiger partial charge in [0.2, 0.25) is 0 Å². The predicted octanol–water partition coefficient (Wildman–Crippen LogP) is 1.85. The van der Waals surface area contributed by atoms with E-state index in [1.807, 2.05) is 30.3 Å². The second-order valence-corrected chi connectivity index (χ2v) is 7.21. The number of sulfonamides is 1. The highest BCUT2D eigenvalue weighted by Gasteiger charge is 2.23. The molecule has 0 saturated heterocycles. The summed E-state index contributed by atoms with van der Waals surface area (Å²) in [4.78, 5) is 15.8. The van der Waals surface area contributed by atoms with Gasteiger partial charge in [-0.25, -0.2) is 18.1 Å². The number of benzene rings is 2. The normalized spacial score (nSPS) is 11.5. The van der Waals surface area contributed by atoms with Crippen molar-refractivity contribution in [1.82, 2.24) is 9.71 Å². The van der Waals surface area contributed by atoms with E-state index in [-0.39, 0.29) is 17.1 Å². The summed E-state index contributed by atoms with van der Waals surface area (Å²) in [5.74, 6) is -0.832. The van der Waals surface area contributed by atoms with Crippen molar-refractivity contribution in [3.8, 4) is 0 Å². The highest BCUT2D eigenvalue weighted by molar-refractivity contribution is 7.89. The molecule has 2 aromatic carbocycles. The monoisotopic (exact) mass is 355 g/mol. The first-order chi connectivity index (χ1) is 12.0. The highest BCUT2D eigenvalue weighted by Crippen LogP contribution is 2.20. The molecule has 0 spiro atoms. The van der Waals surface area contributed by atoms with Gasteiger partial charge in [0.1, 0.15) is 0 Å². The maximum atomic E-state index is 12.6. The van der Waals surface area contributed by atoms with E-state index < -0.39 is 15.9 Å². The van der Waals surface area contributed by atoms with Crippen LogP contribution in [0.3, 0.4) is 0 Å². The third-order valence-electron chi connectivity index (χ3n) is 3.76. The number of pyridine rings is 1. The van der Waals surface area contributed by atoms with Crippen LogP contribution in [0, 0.1) is 0 Å². The van der Waals surface area contributed by atoms with E-state index in [2.05, 4.69) is 9.71 Å². The average molecular weight is 355 g/mol. The van der Waals surface area contributed by atoms with Crippen molar-refractivity contribution in [2.24, 2.45) is 5.73 Å². The maximum Gasteiger partial charge on any atom is 0.258 e. The van der Waals surface area contributed by atoms with Crippen molar-refractivity contribution in [2.45, 2.75) is 11.4 Å². The van der Waals surface area contributed by atoms with Gasteiger partial charge in [0, 0.05) is 11.9 Å². The van der Waals surface area contributed by atoms with Crippen LogP contribution in [-0.2, 0) is 16.4 Å². The number of nitrogens with one attached hydrogen (secondary N) is 1. The largest absolute Gasteiger partial charge is 0.366 e. The Labute approximate surface area is 145 Å². The molecule has 1 amide bonds. The molecule has 128 valence electrons. The summed E-state index contributed by atoms with van der Waals surface area (Å²) in [5, 5.41) is 0.311. The third kappa shape index (κ3) is 3.84. The second kappa shape index (κ2) is 7.00. The first-order valence-electron chi connectivity index (χ1n) is 7.70. The standard InChI is InChI=1S/C18H17N3O3S/c19-17(22)15-12-14-8-4-5-9-16(14)21-18(15)25(23,24)20-11-10-13-6-2-1-3-7-13/h1-9,12,20H,10-11H2,(H2,19,22). The Morgan fingerprint density at radius 1 is 1.04 bits per heavy atom. The molecule has 6 nitrogen and oxygen atoms in total. The molecule has 0 aliphatic carbocycles. The number of nitrogens with two attached hydrogens (primary N) is 1. The van der Waals surface area contributed by atoms with Gasteiger partial charge in [0.05, 0.1) is 11.1 Å². The number of hydrogen-bond acceptors (Lipinski definition) is 4. The van der Waals surface area contributed by atoms with Gasteiger partial charge in [-0.05, 0) is 24.1 Å². The molecule has 0 atom stereocenters. The first-order valence-corrected chi connectivity index (χ1v) is 9.19. The lowest BCUT2D eigenvalue weighted by Crippen LogP contribution is -2.29. The molecule has 0 aliphatic heterocycles. The van der Waals surface area contributed by atoms with Crippen LogP contribution >= 0.6 is 0 Å². The minimum absolute atomic E-state index is 0.120. The predicted molar refractivity (Wildman–Crippen MR) is 95.6 cm³/mol. The van der Waals surface area contributed by atoms with Crippen LogP contribution in [0.4, 0.5) is 0 Å². The summed E-state index contributed by atoms with van der Waals surface area (Å²) in [5.41, 5.74) is 6.72. The molecule has 0 bridgehead atoms. The van der Waals surface area contributed by atoms with Gasteiger partial charge in [-0.2, -0.15) is 0 Å². The molecule has 0 fully saturated rings. The fourth-order valence-electron chi connectivity index (χ4n) is 2.52. The number of amides is 1. The van der Waals surface area contributed by atoms with Crippen LogP contribution in [0.15, 0.2) is 65.7 Å². The zero-order valence-corrected chi connectivity index (χ0v) is 14.2. The van der Waals surface area contributed by atoms with Gasteiger partial charge in [0.15, 0.2) is 5.03 Å². The van der Waals surface area contributed by atoms with Crippen LogP contribution in [-0.4, -0.2) is 25.9 Å². The van der Waals surface area contributed by atoms with Crippen molar-refractivity contribution >= 4 is 26.8 Å². The fraction of sp³-hybridized carbons (Fsp3) is 0.111. The number of primary amides is 1. The molecule has 3 rings (SSSR count). The van der Waals surface area contributed by atoms with Crippen molar-refractivity contribution in [3.63, 3.8) is 0 Å². The Balaban J connectivity index is 1.90. The Morgan fingerprint density at radius 3 is 2.44 bits per heavy atom. The third-order valence-corrected chi connectivity index (χ3v) is 5.16. The van der Waals surface area contributed by atoms with Crippen molar-refractivity contribution < 1.29 is 13.2 Å². The number of carbonyl (C=O) groups excluding carboxylic acids is 1. The summed E-state index contributed by atoms with van der Waals surface area (Å²) in [7, 11) is -3.96. The number of nitrogens with zero attached hydrogens (tertiary/aromatic N) is 1. The Bertz CT molecular complexity index is 1020. The quantitative estimate of drug-likeness (QED) is 0.704. The lowest BCUT2D eigenvalue weighted by atomic mass is 10.1. The molecule has 7 heteroatoms. The van der Waals surface area contributed by atoms with Crippen molar-refractivity contribution in [3.05, 3.63) is 71.8 Å². The van der Waals surface area contributed by atoms with E-state index >= 15 is 0 Å². The van der Waals surface area contributed by atoms with E-state index in [1.54, 1.807) is 24.3 Å². The number of carbonyl (C=O) groups is 1. The van der Waals surface area contributed by atoms with Crippen LogP contribution in [0.25, 0.3) is 10.9 Å². The van der Waals surface area contributed by atoms with Crippen LogP contribution in [0.1, 0.15) is 15.9 Å². The fourth-order valence-corrected chi connectivity index (χ4v) is 3.70. The first kappa shape index (κ1) is 17.1. The molecule has 3 aromatic rings. The molecule has 0 aliphatic rings. The summed E-state index contributed by atoms with van der Waals surface area (Å²) in [6.45, 7) is 0.194. The number of hydrogen-bond donors (Lipinski definition) is 2. The number of rotatable bonds is 6. The van der Waals surface area contributed by atoms with E-state index in [0.717, 1.165) is 5.56 Å². The summed E-state index contributed by atoms with van der Waals surface area (Å²) >= 11 is 0. The average Bonchev–Trinajstić information content (AvgIpc) is 2.61. The molecule has 1 heterocycles. The van der Waals surface area contributed by atoms with Gasteiger partial charge >= 0.3 is 0 Å². The van der Waals surface area contributed by atoms with Crippen molar-refractivity contribution in [2.75, 3.05) is 6.54 Å². The molecular weight excluding hydrogens is 338 g/mol. The molecule has 3 N–H and O–H groups in total. The molecule has 0 radical (unpaired) electrons. The highest BCUT2D eigenvalue weighted by atomic mass is 32.2. The van der Waals surface area contributed by atoms with E-state index in [9.17, 15) is 13.2 Å². The maximum absolute atomic E-state index is 12.6. The molecule has 25 heavy (non-hydrogen) atoms. The minimum atomic E-state index is -3.96. The molecular formula is C18H17N3O3S. The molecule has 0 saturated carbocycles. The van der Waals surface area contributed by atoms with E-state index in [4.69, 9.17) is 5.73 Å². The second-order valence-electron chi connectivity index (χ2n) is 5.53. The zero-order chi connectivity index (χ0) is 17.9. The van der Waals surface area contributed by atoms with Gasteiger partial charge < -0.3 is 5.73 Å². The SMILES string of the molecule is NC(=O)c1cc2ccccc2nc1S(=O)(=O)NCCc1ccccc1. The zero-order valence-electron chi connectivity index (χ0n) is 13.3. The van der Waals surface area contributed by atoms with E-state index in [0.29, 0.717) is 17.3 Å². The summed E-state index contributed by atoms with van der Waals surface area (Å²) in [6, 6.07) is 17.9. The number of aromatic nitrogens is 1. The summed E-state index contributed by atoms with van der Waals surface area (Å²) < 4.78 is 27.7. The molecule has 1 aromatic heterocycles. The number of fused-ring (bicyclic) bond motifs is 1. The minimum Gasteiger partial charge on any atom is -0.366 e. The summed E-state index contributed by atoms with van der Waals surface area (Å²) in [6.07, 6.45) is 0.527. The van der Waals surface area contributed by atoms with Gasteiger partial charge in [0.25, 0.3) is 15.9 Å². The smallest absolute Gasteiger partial charge is 0.258 e. The lowest BCUT2D eigenvalue weighted by molar-refractivity contribution is 0.0996. The van der Waals surface area contributed by atoms with Gasteiger partial charge in [-0.15, -0.1) is 0 Å². The Morgan fingerprint density at radius 2 is 1.72 bits per heavy atom. The van der Waals surface area contributed by atoms with Crippen LogP contribution in [0.5, 0.6) is 0 Å².